The number of nitrogens with zero attached hydrogens (tertiary/aromatic N) is 1. The molecule has 0 saturated heterocycles. The first-order valence-corrected chi connectivity index (χ1v) is 8.90. The molecule has 0 aliphatic heterocycles. The Kier molecular flexibility index (Phi) is 6.45. The van der Waals surface area contributed by atoms with Gasteiger partial charge in [-0.25, -0.2) is 0 Å². The van der Waals surface area contributed by atoms with Crippen molar-refractivity contribution in [1.82, 2.24) is 4.90 Å². The third-order valence-corrected chi connectivity index (χ3v) is 4.77. The molecule has 0 fully saturated rings. The molecule has 0 aliphatic rings. The number of benzene rings is 2. The van der Waals surface area contributed by atoms with Crippen LogP contribution in [0.5, 0.6) is 0 Å². The molecule has 0 radical (unpaired) electrons. The Bertz CT molecular complexity index is 791. The molecule has 132 valence electrons. The number of carbonyl (C=O) groups excluding carboxylic acids is 1. The smallest absolute Gasteiger partial charge is 0.186 e. The Morgan fingerprint density at radius 2 is 1.80 bits per heavy atom. The van der Waals surface area contributed by atoms with Crippen molar-refractivity contribution in [2.24, 2.45) is 0 Å². The number of hydrogen-bond donors (Lipinski definition) is 0. The second-order valence-electron chi connectivity index (χ2n) is 7.05. The monoisotopic (exact) mass is 375 g/mol. The third-order valence-electron chi connectivity index (χ3n) is 4.21. The predicted octanol–water partition coefficient (Wildman–Crippen LogP) is 6.12. The highest BCUT2D eigenvalue weighted by atomic mass is 35.5. The van der Waals surface area contributed by atoms with Gasteiger partial charge < -0.3 is 0 Å². The molecule has 0 aromatic heterocycles. The zero-order chi connectivity index (χ0) is 18.6. The summed E-state index contributed by atoms with van der Waals surface area (Å²) in [4.78, 5) is 14.9. The maximum atomic E-state index is 12.7. The van der Waals surface area contributed by atoms with E-state index in [1.807, 2.05) is 24.3 Å². The van der Waals surface area contributed by atoms with Gasteiger partial charge >= 0.3 is 0 Å². The minimum Gasteiger partial charge on any atom is -0.297 e. The lowest BCUT2D eigenvalue weighted by atomic mass is 10.00. The molecule has 0 amide bonds. The molecule has 2 aromatic rings. The summed E-state index contributed by atoms with van der Waals surface area (Å²) in [5.74, 6) is -0.0380. The molecule has 0 atom stereocenters. The summed E-state index contributed by atoms with van der Waals surface area (Å²) in [6.45, 7) is 7.17. The van der Waals surface area contributed by atoms with Gasteiger partial charge in [-0.3, -0.25) is 9.69 Å². The van der Waals surface area contributed by atoms with Gasteiger partial charge in [0.1, 0.15) is 0 Å². The zero-order valence-corrected chi connectivity index (χ0v) is 16.5. The number of carbonyl (C=O) groups is 1. The topological polar surface area (TPSA) is 20.3 Å². The van der Waals surface area contributed by atoms with Crippen molar-refractivity contribution in [3.63, 3.8) is 0 Å². The van der Waals surface area contributed by atoms with E-state index in [4.69, 9.17) is 23.2 Å². The quantitative estimate of drug-likeness (QED) is 0.463. The Hall–Kier alpha value is -1.61. The lowest BCUT2D eigenvalue weighted by Gasteiger charge is -2.32. The maximum Gasteiger partial charge on any atom is 0.186 e. The van der Waals surface area contributed by atoms with E-state index in [2.05, 4.69) is 32.7 Å². The first-order chi connectivity index (χ1) is 11.7. The van der Waals surface area contributed by atoms with E-state index in [1.165, 1.54) is 0 Å². The third kappa shape index (κ3) is 5.43. The average molecular weight is 376 g/mol. The fourth-order valence-electron chi connectivity index (χ4n) is 2.28. The SMILES string of the molecule is CN(Cc1ccccc1C(=O)C=Cc1ccc(Cl)cc1Cl)C(C)(C)C. The first-order valence-electron chi connectivity index (χ1n) is 8.15. The summed E-state index contributed by atoms with van der Waals surface area (Å²) < 4.78 is 0. The van der Waals surface area contributed by atoms with Crippen LogP contribution in [0.2, 0.25) is 10.0 Å². The molecule has 4 heteroatoms. The number of halogens is 2. The molecule has 0 unspecified atom stereocenters. The Morgan fingerprint density at radius 3 is 2.44 bits per heavy atom. The number of ketones is 1. The van der Waals surface area contributed by atoms with Gasteiger partial charge in [-0.05, 0) is 63.2 Å². The lowest BCUT2D eigenvalue weighted by Crippen LogP contribution is -2.37. The molecule has 2 rings (SSSR count). The van der Waals surface area contributed by atoms with Gasteiger partial charge in [-0.15, -0.1) is 0 Å². The second kappa shape index (κ2) is 8.18. The highest BCUT2D eigenvalue weighted by molar-refractivity contribution is 6.35. The van der Waals surface area contributed by atoms with E-state index in [0.717, 1.165) is 11.1 Å². The van der Waals surface area contributed by atoms with Crippen molar-refractivity contribution >= 4 is 35.1 Å². The van der Waals surface area contributed by atoms with Crippen molar-refractivity contribution in [3.8, 4) is 0 Å². The minimum atomic E-state index is -0.0380. The summed E-state index contributed by atoms with van der Waals surface area (Å²) in [7, 11) is 2.06. The molecule has 0 bridgehead atoms. The number of allylic oxidation sites excluding steroid dienone is 1. The Balaban J connectivity index is 2.23. The minimum absolute atomic E-state index is 0.0306. The molecule has 2 aromatic carbocycles. The van der Waals surface area contributed by atoms with E-state index in [0.29, 0.717) is 22.2 Å². The summed E-state index contributed by atoms with van der Waals surface area (Å²) in [5.41, 5.74) is 2.52. The Labute approximate surface area is 160 Å². The van der Waals surface area contributed by atoms with Gasteiger partial charge in [-0.1, -0.05) is 53.5 Å². The predicted molar refractivity (Wildman–Crippen MR) is 107 cm³/mol. The van der Waals surface area contributed by atoms with Crippen LogP contribution < -0.4 is 0 Å². The van der Waals surface area contributed by atoms with Gasteiger partial charge in [0, 0.05) is 27.7 Å². The standard InChI is InChI=1S/C21H23Cl2NO/c1-21(2,3)24(4)14-16-7-5-6-8-18(16)20(25)12-10-15-9-11-17(22)13-19(15)23/h5-13H,14H2,1-4H3. The van der Waals surface area contributed by atoms with Crippen molar-refractivity contribution < 1.29 is 4.79 Å². The molecular weight excluding hydrogens is 353 g/mol. The van der Waals surface area contributed by atoms with Crippen LogP contribution in [0.3, 0.4) is 0 Å². The highest BCUT2D eigenvalue weighted by Gasteiger charge is 2.19. The van der Waals surface area contributed by atoms with Crippen LogP contribution in [0.25, 0.3) is 6.08 Å². The largest absolute Gasteiger partial charge is 0.297 e. The highest BCUT2D eigenvalue weighted by Crippen LogP contribution is 2.23. The maximum absolute atomic E-state index is 12.7. The lowest BCUT2D eigenvalue weighted by molar-refractivity contribution is 0.104. The van der Waals surface area contributed by atoms with Crippen LogP contribution >= 0.6 is 23.2 Å². The Morgan fingerprint density at radius 1 is 1.12 bits per heavy atom. The van der Waals surface area contributed by atoms with Crippen molar-refractivity contribution in [3.05, 3.63) is 75.3 Å². The molecule has 0 heterocycles. The van der Waals surface area contributed by atoms with Crippen molar-refractivity contribution in [2.75, 3.05) is 7.05 Å². The van der Waals surface area contributed by atoms with E-state index >= 15 is 0 Å². The fraction of sp³-hybridized carbons (Fsp3) is 0.286. The molecule has 2 nitrogen and oxygen atoms in total. The summed E-state index contributed by atoms with van der Waals surface area (Å²) in [5, 5.41) is 1.10. The molecule has 0 aliphatic carbocycles. The second-order valence-corrected chi connectivity index (χ2v) is 7.89. The number of rotatable bonds is 5. The van der Waals surface area contributed by atoms with E-state index in [1.54, 1.807) is 30.4 Å². The van der Waals surface area contributed by atoms with Crippen LogP contribution in [0, 0.1) is 0 Å². The molecule has 0 N–H and O–H groups in total. The van der Waals surface area contributed by atoms with Gasteiger partial charge in [0.25, 0.3) is 0 Å². The normalized spacial score (nSPS) is 12.1. The van der Waals surface area contributed by atoms with Crippen molar-refractivity contribution in [2.45, 2.75) is 32.9 Å². The summed E-state index contributed by atoms with van der Waals surface area (Å²) in [6.07, 6.45) is 3.29. The van der Waals surface area contributed by atoms with Crippen LogP contribution in [0.1, 0.15) is 42.3 Å². The molecule has 0 spiro atoms. The van der Waals surface area contributed by atoms with Crippen LogP contribution in [-0.2, 0) is 6.54 Å². The van der Waals surface area contributed by atoms with E-state index in [9.17, 15) is 4.79 Å². The van der Waals surface area contributed by atoms with Crippen LogP contribution in [0.15, 0.2) is 48.5 Å². The summed E-state index contributed by atoms with van der Waals surface area (Å²) in [6, 6.07) is 12.9. The van der Waals surface area contributed by atoms with Gasteiger partial charge in [0.05, 0.1) is 0 Å². The molecule has 0 saturated carbocycles. The van der Waals surface area contributed by atoms with E-state index < -0.39 is 0 Å². The average Bonchev–Trinajstić information content (AvgIpc) is 2.53. The van der Waals surface area contributed by atoms with Gasteiger partial charge in [-0.2, -0.15) is 0 Å². The van der Waals surface area contributed by atoms with Gasteiger partial charge in [0.15, 0.2) is 5.78 Å². The van der Waals surface area contributed by atoms with E-state index in [-0.39, 0.29) is 11.3 Å². The van der Waals surface area contributed by atoms with Crippen molar-refractivity contribution in [1.29, 1.82) is 0 Å². The zero-order valence-electron chi connectivity index (χ0n) is 15.0. The molecule has 25 heavy (non-hydrogen) atoms. The summed E-state index contributed by atoms with van der Waals surface area (Å²) >= 11 is 12.1. The first kappa shape index (κ1) is 19.7. The van der Waals surface area contributed by atoms with Crippen LogP contribution in [-0.4, -0.2) is 23.3 Å². The van der Waals surface area contributed by atoms with Crippen LogP contribution in [0.4, 0.5) is 0 Å². The fourth-order valence-corrected chi connectivity index (χ4v) is 2.75. The molecular formula is C21H23Cl2NO. The van der Waals surface area contributed by atoms with Gasteiger partial charge in [0.2, 0.25) is 0 Å². The number of hydrogen-bond acceptors (Lipinski definition) is 2.